The monoisotopic (exact) mass is 459 g/mol. The van der Waals surface area contributed by atoms with Crippen molar-refractivity contribution in [2.75, 3.05) is 37.5 Å². The lowest BCUT2D eigenvalue weighted by Crippen LogP contribution is -2.35. The topological polar surface area (TPSA) is 111 Å². The van der Waals surface area contributed by atoms with Gasteiger partial charge in [-0.15, -0.1) is 11.3 Å². The third-order valence-corrected chi connectivity index (χ3v) is 6.72. The minimum absolute atomic E-state index is 0.000803. The van der Waals surface area contributed by atoms with Crippen molar-refractivity contribution < 1.29 is 23.9 Å². The van der Waals surface area contributed by atoms with Crippen LogP contribution in [0, 0.1) is 5.92 Å². The summed E-state index contributed by atoms with van der Waals surface area (Å²) in [6.45, 7) is 2.47. The Hall–Kier alpha value is -3.07. The van der Waals surface area contributed by atoms with E-state index in [1.54, 1.807) is 24.1 Å². The van der Waals surface area contributed by atoms with E-state index < -0.39 is 11.9 Å². The number of nitrogens with one attached hydrogen (secondary N) is 1. The Balaban J connectivity index is 1.80. The zero-order chi connectivity index (χ0) is 23.3. The van der Waals surface area contributed by atoms with Crippen LogP contribution in [0.4, 0.5) is 10.7 Å². The normalized spacial score (nSPS) is 14.9. The number of rotatable bonds is 9. The lowest BCUT2D eigenvalue weighted by atomic mass is 9.88. The highest BCUT2D eigenvalue weighted by molar-refractivity contribution is 7.17. The average Bonchev–Trinajstić information content (AvgIpc) is 3.12. The number of methoxy groups -OCH3 is 2. The van der Waals surface area contributed by atoms with Crippen molar-refractivity contribution in [3.63, 3.8) is 0 Å². The second-order valence-corrected chi connectivity index (χ2v) is 9.04. The Bertz CT molecular complexity index is 986. The Morgan fingerprint density at radius 1 is 1.22 bits per heavy atom. The molecule has 1 aromatic carbocycles. The van der Waals surface area contributed by atoms with E-state index in [0.717, 1.165) is 35.4 Å². The van der Waals surface area contributed by atoms with Crippen LogP contribution in [0.3, 0.4) is 0 Å². The van der Waals surface area contributed by atoms with Gasteiger partial charge in [0.15, 0.2) is 0 Å². The van der Waals surface area contributed by atoms with Gasteiger partial charge in [-0.25, -0.2) is 4.79 Å². The van der Waals surface area contributed by atoms with Crippen molar-refractivity contribution in [1.82, 2.24) is 0 Å². The van der Waals surface area contributed by atoms with Crippen LogP contribution < -0.4 is 20.7 Å². The maximum atomic E-state index is 13.0. The van der Waals surface area contributed by atoms with E-state index in [1.165, 1.54) is 18.4 Å². The summed E-state index contributed by atoms with van der Waals surface area (Å²) in [5, 5.41) is 3.42. The first-order valence-electron chi connectivity index (χ1n) is 10.5. The zero-order valence-corrected chi connectivity index (χ0v) is 19.4. The van der Waals surface area contributed by atoms with Crippen LogP contribution >= 0.6 is 11.3 Å². The van der Waals surface area contributed by atoms with E-state index in [4.69, 9.17) is 15.2 Å². The number of amides is 2. The average molecular weight is 460 g/mol. The fourth-order valence-electron chi connectivity index (χ4n) is 3.83. The summed E-state index contributed by atoms with van der Waals surface area (Å²) >= 11 is 1.44. The van der Waals surface area contributed by atoms with Gasteiger partial charge in [-0.2, -0.15) is 0 Å². The third kappa shape index (κ3) is 5.59. The quantitative estimate of drug-likeness (QED) is 0.558. The fraction of sp³-hybridized carbons (Fsp3) is 0.435. The molecule has 2 amide bonds. The van der Waals surface area contributed by atoms with Crippen molar-refractivity contribution in [3.8, 4) is 5.75 Å². The molecule has 3 N–H and O–H groups in total. The number of hydrogen-bond donors (Lipinski definition) is 2. The van der Waals surface area contributed by atoms with Gasteiger partial charge in [0.2, 0.25) is 11.8 Å². The molecular weight excluding hydrogens is 430 g/mol. The van der Waals surface area contributed by atoms with Gasteiger partial charge in [-0.1, -0.05) is 6.92 Å². The molecular formula is C23H29N3O5S. The summed E-state index contributed by atoms with van der Waals surface area (Å²) in [4.78, 5) is 39.7. The molecule has 1 atom stereocenters. The number of fused-ring (bicyclic) bond motifs is 1. The van der Waals surface area contributed by atoms with Crippen LogP contribution in [-0.4, -0.2) is 45.1 Å². The second kappa shape index (κ2) is 10.5. The van der Waals surface area contributed by atoms with Gasteiger partial charge in [-0.05, 0) is 55.0 Å². The van der Waals surface area contributed by atoms with Crippen molar-refractivity contribution in [3.05, 3.63) is 40.3 Å². The molecule has 1 heterocycles. The van der Waals surface area contributed by atoms with Crippen molar-refractivity contribution in [2.45, 2.75) is 32.6 Å². The molecule has 1 unspecified atom stereocenters. The number of nitrogens with zero attached hydrogens (tertiary/aromatic N) is 1. The van der Waals surface area contributed by atoms with E-state index >= 15 is 0 Å². The van der Waals surface area contributed by atoms with E-state index in [9.17, 15) is 14.4 Å². The number of hydrogen-bond acceptors (Lipinski definition) is 7. The van der Waals surface area contributed by atoms with Crippen LogP contribution in [0.1, 0.15) is 40.6 Å². The van der Waals surface area contributed by atoms with Crippen LogP contribution in [0.2, 0.25) is 0 Å². The molecule has 0 saturated carbocycles. The number of ether oxygens (including phenoxy) is 2. The molecule has 8 nitrogen and oxygen atoms in total. The smallest absolute Gasteiger partial charge is 0.341 e. The molecule has 0 radical (unpaired) electrons. The molecule has 0 fully saturated rings. The summed E-state index contributed by atoms with van der Waals surface area (Å²) in [5.41, 5.74) is 7.52. The summed E-state index contributed by atoms with van der Waals surface area (Å²) in [7, 11) is 2.92. The summed E-state index contributed by atoms with van der Waals surface area (Å²) in [6.07, 6.45) is 2.79. The number of thiophene rings is 1. The Morgan fingerprint density at radius 2 is 1.94 bits per heavy atom. The maximum Gasteiger partial charge on any atom is 0.341 e. The molecule has 1 aliphatic rings. The lowest BCUT2D eigenvalue weighted by Gasteiger charge is -2.24. The first kappa shape index (κ1) is 23.6. The zero-order valence-electron chi connectivity index (χ0n) is 18.6. The van der Waals surface area contributed by atoms with E-state index in [2.05, 4.69) is 12.2 Å². The highest BCUT2D eigenvalue weighted by Crippen LogP contribution is 2.40. The molecule has 0 saturated heterocycles. The Labute approximate surface area is 191 Å². The predicted octanol–water partition coefficient (Wildman–Crippen LogP) is 2.99. The minimum Gasteiger partial charge on any atom is -0.497 e. The van der Waals surface area contributed by atoms with Gasteiger partial charge >= 0.3 is 5.97 Å². The molecule has 9 heteroatoms. The van der Waals surface area contributed by atoms with Crippen LogP contribution in [0.5, 0.6) is 5.75 Å². The van der Waals surface area contributed by atoms with Crippen molar-refractivity contribution in [2.24, 2.45) is 11.7 Å². The fourth-order valence-corrected chi connectivity index (χ4v) is 5.25. The number of benzene rings is 1. The number of esters is 1. The van der Waals surface area contributed by atoms with Gasteiger partial charge in [0.25, 0.3) is 0 Å². The molecule has 0 spiro atoms. The van der Waals surface area contributed by atoms with E-state index in [1.807, 2.05) is 12.1 Å². The van der Waals surface area contributed by atoms with E-state index in [0.29, 0.717) is 22.2 Å². The van der Waals surface area contributed by atoms with Gasteiger partial charge < -0.3 is 25.4 Å². The molecule has 1 aliphatic carbocycles. The van der Waals surface area contributed by atoms with Crippen LogP contribution in [0.15, 0.2) is 24.3 Å². The first-order chi connectivity index (χ1) is 15.3. The maximum absolute atomic E-state index is 13.0. The highest BCUT2D eigenvalue weighted by Gasteiger charge is 2.29. The molecule has 32 heavy (non-hydrogen) atoms. The SMILES string of the molecule is COC(=O)c1c(NC(=O)CN(CCC(N)=O)c2ccc(OC)cc2)sc2c1CCC(C)C2. The largest absolute Gasteiger partial charge is 0.497 e. The molecule has 2 aromatic rings. The third-order valence-electron chi connectivity index (χ3n) is 5.55. The van der Waals surface area contributed by atoms with Gasteiger partial charge in [0.05, 0.1) is 26.3 Å². The number of carbonyl (C=O) groups excluding carboxylic acids is 3. The van der Waals surface area contributed by atoms with E-state index in [-0.39, 0.29) is 25.4 Å². The molecule has 0 bridgehead atoms. The van der Waals surface area contributed by atoms with Gasteiger partial charge in [0, 0.05) is 23.5 Å². The standard InChI is InChI=1S/C23H29N3O5S/c1-14-4-9-17-18(12-14)32-22(21(17)23(29)31-3)25-20(28)13-26(11-10-19(24)27)15-5-7-16(30-2)8-6-15/h5-8,14H,4,9-13H2,1-3H3,(H2,24,27)(H,25,28). The number of primary amides is 1. The Morgan fingerprint density at radius 3 is 2.56 bits per heavy atom. The first-order valence-corrected chi connectivity index (χ1v) is 11.3. The van der Waals surface area contributed by atoms with Crippen LogP contribution in [-0.2, 0) is 27.2 Å². The molecule has 172 valence electrons. The van der Waals surface area contributed by atoms with Crippen LogP contribution in [0.25, 0.3) is 0 Å². The second-order valence-electron chi connectivity index (χ2n) is 7.93. The summed E-state index contributed by atoms with van der Waals surface area (Å²) in [6, 6.07) is 7.21. The van der Waals surface area contributed by atoms with Gasteiger partial charge in [-0.3, -0.25) is 9.59 Å². The molecule has 0 aliphatic heterocycles. The number of carbonyl (C=O) groups is 3. The number of nitrogens with two attached hydrogens (primary N) is 1. The van der Waals surface area contributed by atoms with Crippen molar-refractivity contribution >= 4 is 39.8 Å². The van der Waals surface area contributed by atoms with Crippen molar-refractivity contribution in [1.29, 1.82) is 0 Å². The minimum atomic E-state index is -0.447. The predicted molar refractivity (Wildman–Crippen MR) is 124 cm³/mol. The highest BCUT2D eigenvalue weighted by atomic mass is 32.1. The number of anilines is 2. The lowest BCUT2D eigenvalue weighted by molar-refractivity contribution is -0.118. The Kier molecular flexibility index (Phi) is 7.74. The summed E-state index contributed by atoms with van der Waals surface area (Å²) in [5.74, 6) is 0.0517. The molecule has 3 rings (SSSR count). The summed E-state index contributed by atoms with van der Waals surface area (Å²) < 4.78 is 10.2. The van der Waals surface area contributed by atoms with Gasteiger partial charge in [0.1, 0.15) is 10.8 Å². The molecule has 1 aromatic heterocycles.